The molecule has 1 aromatic heterocycles. The lowest BCUT2D eigenvalue weighted by molar-refractivity contribution is -0.126. The average Bonchev–Trinajstić information content (AvgIpc) is 3.19. The second-order valence-electron chi connectivity index (χ2n) is 5.26. The van der Waals surface area contributed by atoms with Crippen LogP contribution < -0.4 is 5.32 Å². The van der Waals surface area contributed by atoms with Crippen molar-refractivity contribution in [3.8, 4) is 0 Å². The molecule has 0 spiro atoms. The van der Waals surface area contributed by atoms with Gasteiger partial charge >= 0.3 is 0 Å². The summed E-state index contributed by atoms with van der Waals surface area (Å²) in [6.45, 7) is 2.56. The SMILES string of the molecule is CC(NC(=O)COCc1nc2ccccc2s1)C1CC1. The second-order valence-corrected chi connectivity index (χ2v) is 6.38. The van der Waals surface area contributed by atoms with Gasteiger partial charge in [0.05, 0.1) is 16.8 Å². The molecule has 2 aromatic rings. The highest BCUT2D eigenvalue weighted by molar-refractivity contribution is 7.18. The Bertz CT molecular complexity index is 574. The van der Waals surface area contributed by atoms with Crippen molar-refractivity contribution in [2.45, 2.75) is 32.4 Å². The van der Waals surface area contributed by atoms with E-state index < -0.39 is 0 Å². The second kappa shape index (κ2) is 5.89. The quantitative estimate of drug-likeness (QED) is 0.890. The zero-order valence-electron chi connectivity index (χ0n) is 11.5. The van der Waals surface area contributed by atoms with Gasteiger partial charge in [0.2, 0.25) is 5.91 Å². The number of hydrogen-bond donors (Lipinski definition) is 1. The molecule has 5 heteroatoms. The number of aromatic nitrogens is 1. The van der Waals surface area contributed by atoms with Gasteiger partial charge in [0.15, 0.2) is 0 Å². The molecule has 1 aliphatic rings. The molecule has 0 aliphatic heterocycles. The third-order valence-corrected chi connectivity index (χ3v) is 4.52. The summed E-state index contributed by atoms with van der Waals surface area (Å²) in [6, 6.07) is 8.27. The van der Waals surface area contributed by atoms with Crippen molar-refractivity contribution < 1.29 is 9.53 Å². The normalized spacial score (nSPS) is 16.2. The van der Waals surface area contributed by atoms with E-state index in [4.69, 9.17) is 4.74 Å². The van der Waals surface area contributed by atoms with E-state index in [1.54, 1.807) is 11.3 Å². The summed E-state index contributed by atoms with van der Waals surface area (Å²) in [5, 5.41) is 3.89. The Balaban J connectivity index is 1.45. The highest BCUT2D eigenvalue weighted by Gasteiger charge is 2.28. The van der Waals surface area contributed by atoms with Crippen molar-refractivity contribution in [1.82, 2.24) is 10.3 Å². The number of ether oxygens (including phenoxy) is 1. The Kier molecular flexibility index (Phi) is 3.98. The molecule has 1 aromatic carbocycles. The van der Waals surface area contributed by atoms with Crippen LogP contribution in [0.2, 0.25) is 0 Å². The van der Waals surface area contributed by atoms with E-state index in [0.29, 0.717) is 12.5 Å². The van der Waals surface area contributed by atoms with E-state index in [2.05, 4.69) is 17.2 Å². The molecule has 1 N–H and O–H groups in total. The molecule has 0 saturated heterocycles. The summed E-state index contributed by atoms with van der Waals surface area (Å²) in [6.07, 6.45) is 2.46. The Morgan fingerprint density at radius 1 is 1.50 bits per heavy atom. The third-order valence-electron chi connectivity index (χ3n) is 3.51. The first-order valence-electron chi connectivity index (χ1n) is 6.94. The molecule has 20 heavy (non-hydrogen) atoms. The topological polar surface area (TPSA) is 51.2 Å². The van der Waals surface area contributed by atoms with Crippen LogP contribution in [0.25, 0.3) is 10.2 Å². The van der Waals surface area contributed by atoms with Crippen LogP contribution in [0.4, 0.5) is 0 Å². The maximum atomic E-state index is 11.7. The largest absolute Gasteiger partial charge is 0.364 e. The summed E-state index contributed by atoms with van der Waals surface area (Å²) in [5.74, 6) is 0.633. The summed E-state index contributed by atoms with van der Waals surface area (Å²) in [7, 11) is 0. The maximum Gasteiger partial charge on any atom is 0.246 e. The zero-order chi connectivity index (χ0) is 13.9. The van der Waals surface area contributed by atoms with Crippen LogP contribution in [-0.2, 0) is 16.1 Å². The summed E-state index contributed by atoms with van der Waals surface area (Å²) in [5.41, 5.74) is 0.989. The molecule has 1 atom stereocenters. The van der Waals surface area contributed by atoms with Gasteiger partial charge < -0.3 is 10.1 Å². The molecular weight excluding hydrogens is 272 g/mol. The fourth-order valence-electron chi connectivity index (χ4n) is 2.22. The smallest absolute Gasteiger partial charge is 0.246 e. The molecule has 1 aliphatic carbocycles. The maximum absolute atomic E-state index is 11.7. The van der Waals surface area contributed by atoms with Crippen molar-refractivity contribution in [3.63, 3.8) is 0 Å². The highest BCUT2D eigenvalue weighted by atomic mass is 32.1. The van der Waals surface area contributed by atoms with E-state index in [0.717, 1.165) is 15.2 Å². The van der Waals surface area contributed by atoms with Crippen LogP contribution >= 0.6 is 11.3 Å². The number of benzene rings is 1. The number of carbonyl (C=O) groups is 1. The molecule has 4 nitrogen and oxygen atoms in total. The van der Waals surface area contributed by atoms with Crippen LogP contribution in [-0.4, -0.2) is 23.5 Å². The van der Waals surface area contributed by atoms with Crippen LogP contribution in [0.3, 0.4) is 0 Å². The van der Waals surface area contributed by atoms with Gasteiger partial charge in [-0.3, -0.25) is 4.79 Å². The minimum absolute atomic E-state index is 0.0366. The van der Waals surface area contributed by atoms with E-state index in [-0.39, 0.29) is 18.6 Å². The van der Waals surface area contributed by atoms with Crippen molar-refractivity contribution in [3.05, 3.63) is 29.3 Å². The summed E-state index contributed by atoms with van der Waals surface area (Å²) < 4.78 is 6.60. The highest BCUT2D eigenvalue weighted by Crippen LogP contribution is 2.32. The molecule has 1 heterocycles. The van der Waals surface area contributed by atoms with E-state index in [1.807, 2.05) is 24.3 Å². The predicted molar refractivity (Wildman–Crippen MR) is 79.6 cm³/mol. The van der Waals surface area contributed by atoms with Crippen molar-refractivity contribution >= 4 is 27.5 Å². The fourth-order valence-corrected chi connectivity index (χ4v) is 3.13. The number of thiazole rings is 1. The van der Waals surface area contributed by atoms with Gasteiger partial charge in [0, 0.05) is 6.04 Å². The van der Waals surface area contributed by atoms with Crippen LogP contribution in [0, 0.1) is 5.92 Å². The minimum atomic E-state index is -0.0366. The summed E-state index contributed by atoms with van der Waals surface area (Å²) in [4.78, 5) is 16.2. The van der Waals surface area contributed by atoms with Gasteiger partial charge in [0.25, 0.3) is 0 Å². The monoisotopic (exact) mass is 290 g/mol. The number of rotatable bonds is 6. The molecule has 3 rings (SSSR count). The lowest BCUT2D eigenvalue weighted by Crippen LogP contribution is -2.36. The number of carbonyl (C=O) groups excluding carboxylic acids is 1. The standard InChI is InChI=1S/C15H18N2O2S/c1-10(11-6-7-11)16-14(18)8-19-9-15-17-12-4-2-3-5-13(12)20-15/h2-5,10-11H,6-9H2,1H3,(H,16,18). The Hall–Kier alpha value is -1.46. The van der Waals surface area contributed by atoms with Crippen LogP contribution in [0.1, 0.15) is 24.8 Å². The molecule has 1 amide bonds. The number of amides is 1. The van der Waals surface area contributed by atoms with E-state index >= 15 is 0 Å². The van der Waals surface area contributed by atoms with Gasteiger partial charge in [-0.25, -0.2) is 4.98 Å². The number of nitrogens with one attached hydrogen (secondary N) is 1. The lowest BCUT2D eigenvalue weighted by atomic mass is 10.2. The fraction of sp³-hybridized carbons (Fsp3) is 0.467. The minimum Gasteiger partial charge on any atom is -0.364 e. The first-order valence-corrected chi connectivity index (χ1v) is 7.75. The molecule has 1 unspecified atom stereocenters. The molecule has 0 radical (unpaired) electrons. The van der Waals surface area contributed by atoms with Gasteiger partial charge in [-0.15, -0.1) is 11.3 Å². The van der Waals surface area contributed by atoms with Gasteiger partial charge in [-0.1, -0.05) is 12.1 Å². The number of nitrogens with zero attached hydrogens (tertiary/aromatic N) is 1. The Morgan fingerprint density at radius 3 is 3.05 bits per heavy atom. The molecule has 0 bridgehead atoms. The van der Waals surface area contributed by atoms with Gasteiger partial charge in [-0.05, 0) is 37.8 Å². The number of hydrogen-bond acceptors (Lipinski definition) is 4. The molecule has 1 fully saturated rings. The first-order chi connectivity index (χ1) is 9.72. The first kappa shape index (κ1) is 13.5. The molecular formula is C15H18N2O2S. The van der Waals surface area contributed by atoms with E-state index in [9.17, 15) is 4.79 Å². The predicted octanol–water partition coefficient (Wildman–Crippen LogP) is 2.73. The Labute approximate surface area is 122 Å². The van der Waals surface area contributed by atoms with Crippen molar-refractivity contribution in [2.24, 2.45) is 5.92 Å². The van der Waals surface area contributed by atoms with E-state index in [1.165, 1.54) is 12.8 Å². The molecule has 106 valence electrons. The van der Waals surface area contributed by atoms with Gasteiger partial charge in [-0.2, -0.15) is 0 Å². The summed E-state index contributed by atoms with van der Waals surface area (Å²) >= 11 is 1.61. The van der Waals surface area contributed by atoms with Crippen LogP contribution in [0.5, 0.6) is 0 Å². The Morgan fingerprint density at radius 2 is 2.30 bits per heavy atom. The van der Waals surface area contributed by atoms with Crippen molar-refractivity contribution in [1.29, 1.82) is 0 Å². The van der Waals surface area contributed by atoms with Gasteiger partial charge in [0.1, 0.15) is 11.6 Å². The van der Waals surface area contributed by atoms with Crippen molar-refractivity contribution in [2.75, 3.05) is 6.61 Å². The molecule has 1 saturated carbocycles. The lowest BCUT2D eigenvalue weighted by Gasteiger charge is -2.12. The number of para-hydroxylation sites is 1. The number of fused-ring (bicyclic) bond motifs is 1. The third kappa shape index (κ3) is 3.35. The average molecular weight is 290 g/mol. The van der Waals surface area contributed by atoms with Crippen LogP contribution in [0.15, 0.2) is 24.3 Å². The zero-order valence-corrected chi connectivity index (χ0v) is 12.3.